The van der Waals surface area contributed by atoms with Crippen molar-refractivity contribution in [2.45, 2.75) is 117 Å². The molecular formula is C35H52N2O3. The summed E-state index contributed by atoms with van der Waals surface area (Å²) < 4.78 is 6.12. The van der Waals surface area contributed by atoms with Gasteiger partial charge in [-0.2, -0.15) is 0 Å². The van der Waals surface area contributed by atoms with Gasteiger partial charge in [0.15, 0.2) is 0 Å². The molecule has 0 radical (unpaired) electrons. The lowest BCUT2D eigenvalue weighted by Gasteiger charge is -2.58. The van der Waals surface area contributed by atoms with Crippen molar-refractivity contribution in [1.29, 1.82) is 0 Å². The average molecular weight is 549 g/mol. The van der Waals surface area contributed by atoms with Gasteiger partial charge in [-0.05, 0) is 129 Å². The maximum atomic E-state index is 13.2. The van der Waals surface area contributed by atoms with Crippen LogP contribution in [0, 0.1) is 40.4 Å². The zero-order valence-electron chi connectivity index (χ0n) is 25.2. The summed E-state index contributed by atoms with van der Waals surface area (Å²) in [4.78, 5) is 19.4. The lowest BCUT2D eigenvalue weighted by atomic mass is 9.47. The van der Waals surface area contributed by atoms with Crippen LogP contribution in [0.5, 0.6) is 0 Å². The standard InChI is InChI=1S/C35H52N2O3/c1-24(4-9-33(39)37-20-14-28(15-21-37)40-23-25-12-18-36-19-13-25)30-7-8-31-29-6-5-26-22-27(38)10-16-34(26,2)32(29)11-17-35(30,31)3/h5,12-13,18-19,24,27-32,38H,4,6-11,14-17,20-23H2,1-3H3/t24-,27+,29+,30-,31+,32+,34+,35-/m1/s1. The molecule has 4 fully saturated rings. The molecule has 0 unspecified atom stereocenters. The van der Waals surface area contributed by atoms with E-state index >= 15 is 0 Å². The number of pyridine rings is 1. The lowest BCUT2D eigenvalue weighted by Crippen LogP contribution is -2.50. The molecule has 5 aliphatic rings. The van der Waals surface area contributed by atoms with Gasteiger partial charge >= 0.3 is 0 Å². The number of nitrogens with zero attached hydrogens (tertiary/aromatic N) is 2. The van der Waals surface area contributed by atoms with E-state index in [1.54, 1.807) is 5.57 Å². The Bertz CT molecular complexity index is 1070. The number of fused-ring (bicyclic) bond motifs is 5. The number of rotatable bonds is 7. The van der Waals surface area contributed by atoms with Crippen LogP contribution in [0.25, 0.3) is 0 Å². The van der Waals surface area contributed by atoms with Crippen LogP contribution in [-0.4, -0.2) is 46.2 Å². The Morgan fingerprint density at radius 1 is 1.07 bits per heavy atom. The van der Waals surface area contributed by atoms with E-state index in [2.05, 4.69) is 36.7 Å². The fraction of sp³-hybridized carbons (Fsp3) is 0.771. The maximum absolute atomic E-state index is 13.2. The van der Waals surface area contributed by atoms with Gasteiger partial charge in [0.1, 0.15) is 0 Å². The van der Waals surface area contributed by atoms with Gasteiger partial charge in [0.05, 0.1) is 18.8 Å². The van der Waals surface area contributed by atoms with Crippen LogP contribution in [0.2, 0.25) is 0 Å². The molecule has 5 heteroatoms. The van der Waals surface area contributed by atoms with Gasteiger partial charge < -0.3 is 14.7 Å². The van der Waals surface area contributed by atoms with E-state index in [-0.39, 0.29) is 12.2 Å². The molecule has 1 aromatic heterocycles. The highest BCUT2D eigenvalue weighted by Crippen LogP contribution is 2.67. The number of piperidine rings is 1. The summed E-state index contributed by atoms with van der Waals surface area (Å²) in [6, 6.07) is 4.01. The van der Waals surface area contributed by atoms with Gasteiger partial charge in [0.25, 0.3) is 0 Å². The Labute approximate surface area is 242 Å². The molecule has 0 spiro atoms. The molecule has 1 saturated heterocycles. The number of aliphatic hydroxyl groups is 1. The molecule has 0 aromatic carbocycles. The monoisotopic (exact) mass is 548 g/mol. The minimum atomic E-state index is -0.124. The van der Waals surface area contributed by atoms with Gasteiger partial charge in [-0.25, -0.2) is 0 Å². The average Bonchev–Trinajstić information content (AvgIpc) is 3.33. The highest BCUT2D eigenvalue weighted by molar-refractivity contribution is 5.76. The minimum absolute atomic E-state index is 0.124. The lowest BCUT2D eigenvalue weighted by molar-refractivity contribution is -0.134. The molecule has 1 aromatic rings. The van der Waals surface area contributed by atoms with Crippen LogP contribution in [-0.2, 0) is 16.1 Å². The van der Waals surface area contributed by atoms with E-state index in [1.165, 1.54) is 38.5 Å². The summed E-state index contributed by atoms with van der Waals surface area (Å²) in [7, 11) is 0. The maximum Gasteiger partial charge on any atom is 0.222 e. The molecule has 220 valence electrons. The second-order valence-electron chi connectivity index (χ2n) is 14.6. The van der Waals surface area contributed by atoms with E-state index in [1.807, 2.05) is 24.5 Å². The normalized spacial score (nSPS) is 38.6. The van der Waals surface area contributed by atoms with Crippen molar-refractivity contribution in [3.8, 4) is 0 Å². The molecule has 3 saturated carbocycles. The predicted octanol–water partition coefficient (Wildman–Crippen LogP) is 6.95. The number of ether oxygens (including phenoxy) is 1. The SMILES string of the molecule is C[C@H](CCC(=O)N1CCC(OCc2ccncc2)CC1)[C@H]1CC[C@H]2[C@@H]3CC=C4C[C@@H](O)CC[C@]4(C)[C@H]3CC[C@]12C. The third kappa shape index (κ3) is 5.30. The van der Waals surface area contributed by atoms with Crippen molar-refractivity contribution in [3.63, 3.8) is 0 Å². The first kappa shape index (κ1) is 28.4. The van der Waals surface area contributed by atoms with Crippen LogP contribution in [0.1, 0.15) is 103 Å². The highest BCUT2D eigenvalue weighted by atomic mass is 16.5. The Balaban J connectivity index is 0.994. The number of carbonyl (C=O) groups is 1. The van der Waals surface area contributed by atoms with E-state index < -0.39 is 0 Å². The Kier molecular flexibility index (Phi) is 8.18. The molecule has 5 nitrogen and oxygen atoms in total. The summed E-state index contributed by atoms with van der Waals surface area (Å²) in [5, 5.41) is 10.3. The van der Waals surface area contributed by atoms with E-state index in [4.69, 9.17) is 4.74 Å². The Morgan fingerprint density at radius 3 is 2.62 bits per heavy atom. The van der Waals surface area contributed by atoms with Gasteiger partial charge in [0, 0.05) is 31.9 Å². The fourth-order valence-electron chi connectivity index (χ4n) is 10.3. The molecule has 40 heavy (non-hydrogen) atoms. The summed E-state index contributed by atoms with van der Waals surface area (Å²) in [6.07, 6.45) is 19.6. The van der Waals surface area contributed by atoms with Crippen molar-refractivity contribution >= 4 is 5.91 Å². The van der Waals surface area contributed by atoms with Crippen molar-refractivity contribution in [3.05, 3.63) is 41.7 Å². The van der Waals surface area contributed by atoms with Gasteiger partial charge in [-0.1, -0.05) is 32.4 Å². The number of aromatic nitrogens is 1. The smallest absolute Gasteiger partial charge is 0.222 e. The number of carbonyl (C=O) groups excluding carboxylic acids is 1. The second-order valence-corrected chi connectivity index (χ2v) is 14.6. The molecule has 2 heterocycles. The molecule has 1 amide bonds. The first-order valence-corrected chi connectivity index (χ1v) is 16.4. The zero-order valence-corrected chi connectivity index (χ0v) is 25.2. The number of allylic oxidation sites excluding steroid dienone is 1. The van der Waals surface area contributed by atoms with Crippen LogP contribution >= 0.6 is 0 Å². The Morgan fingerprint density at radius 2 is 1.85 bits per heavy atom. The third-order valence-electron chi connectivity index (χ3n) is 12.7. The van der Waals surface area contributed by atoms with Crippen LogP contribution in [0.3, 0.4) is 0 Å². The third-order valence-corrected chi connectivity index (χ3v) is 12.7. The molecule has 4 aliphatic carbocycles. The molecular weight excluding hydrogens is 496 g/mol. The molecule has 0 bridgehead atoms. The van der Waals surface area contributed by atoms with Crippen molar-refractivity contribution in [2.75, 3.05) is 13.1 Å². The first-order chi connectivity index (χ1) is 19.3. The van der Waals surface area contributed by atoms with E-state index in [0.29, 0.717) is 35.7 Å². The quantitative estimate of drug-likeness (QED) is 0.375. The summed E-state index contributed by atoms with van der Waals surface area (Å²) in [6.45, 7) is 9.87. The van der Waals surface area contributed by atoms with Crippen LogP contribution in [0.4, 0.5) is 0 Å². The van der Waals surface area contributed by atoms with Gasteiger partial charge in [-0.15, -0.1) is 0 Å². The molecule has 1 N–H and O–H groups in total. The van der Waals surface area contributed by atoms with Crippen LogP contribution < -0.4 is 0 Å². The number of amides is 1. The van der Waals surface area contributed by atoms with Gasteiger partial charge in [-0.3, -0.25) is 9.78 Å². The van der Waals surface area contributed by atoms with Crippen molar-refractivity contribution in [2.24, 2.45) is 40.4 Å². The number of hydrogen-bond acceptors (Lipinski definition) is 4. The molecule has 1 aliphatic heterocycles. The van der Waals surface area contributed by atoms with Gasteiger partial charge in [0.2, 0.25) is 5.91 Å². The minimum Gasteiger partial charge on any atom is -0.393 e. The van der Waals surface area contributed by atoms with Crippen molar-refractivity contribution < 1.29 is 14.6 Å². The largest absolute Gasteiger partial charge is 0.393 e. The van der Waals surface area contributed by atoms with Crippen LogP contribution in [0.15, 0.2) is 36.2 Å². The van der Waals surface area contributed by atoms with Crippen molar-refractivity contribution in [1.82, 2.24) is 9.88 Å². The van der Waals surface area contributed by atoms with E-state index in [0.717, 1.165) is 74.4 Å². The number of aliphatic hydroxyl groups excluding tert-OH is 1. The summed E-state index contributed by atoms with van der Waals surface area (Å²) in [5.41, 5.74) is 3.47. The van der Waals surface area contributed by atoms with E-state index in [9.17, 15) is 9.90 Å². The summed E-state index contributed by atoms with van der Waals surface area (Å²) >= 11 is 0. The number of likely N-dealkylation sites (tertiary alicyclic amines) is 1. The number of hydrogen-bond donors (Lipinski definition) is 1. The topological polar surface area (TPSA) is 62.7 Å². The highest BCUT2D eigenvalue weighted by Gasteiger charge is 2.59. The first-order valence-electron chi connectivity index (χ1n) is 16.4. The molecule has 8 atom stereocenters. The molecule has 6 rings (SSSR count). The fourth-order valence-corrected chi connectivity index (χ4v) is 10.3. The summed E-state index contributed by atoms with van der Waals surface area (Å²) in [5.74, 6) is 4.12. The zero-order chi connectivity index (χ0) is 27.9. The Hall–Kier alpha value is -1.72. The predicted molar refractivity (Wildman–Crippen MR) is 158 cm³/mol. The second kappa shape index (κ2) is 11.5.